The Morgan fingerprint density at radius 1 is 1.03 bits per heavy atom. The molecule has 5 aliphatic rings. The molecule has 1 saturated heterocycles. The number of fused-ring (bicyclic) bond motifs is 5. The first kappa shape index (κ1) is 26.0. The molecule has 5 rings (SSSR count). The van der Waals surface area contributed by atoms with Crippen LogP contribution in [0.25, 0.3) is 0 Å². The maximum atomic E-state index is 12.5. The molecule has 0 spiro atoms. The Balaban J connectivity index is 1.18. The Bertz CT molecular complexity index is 754. The van der Waals surface area contributed by atoms with Crippen molar-refractivity contribution in [1.29, 1.82) is 0 Å². The summed E-state index contributed by atoms with van der Waals surface area (Å²) >= 11 is 0. The second-order valence-electron chi connectivity index (χ2n) is 13.8. The second kappa shape index (κ2) is 10.3. The second-order valence-corrected chi connectivity index (χ2v) is 13.8. The Labute approximate surface area is 213 Å². The minimum absolute atomic E-state index is 0.00973. The molecule has 1 amide bonds. The average Bonchev–Trinajstić information content (AvgIpc) is 3.47. The molecule has 0 aromatic heterocycles. The van der Waals surface area contributed by atoms with Gasteiger partial charge >= 0.3 is 0 Å². The molecule has 200 valence electrons. The number of carbonyl (C=O) groups is 1. The summed E-state index contributed by atoms with van der Waals surface area (Å²) in [5.41, 5.74) is 0.283. The standard InChI is InChI=1S/C30H52N2O3/c1-20(6-11-28(35)31-14-17-32-15-4-5-16-32)24-9-10-25-23-8-7-21-18-22(33)12-13-29(21,2)26(23)19-27(34)30(24,25)3/h20-27,33-34H,4-19H2,1-3H3,(H,31,35)/t20-,21-,22-,23+,24?,25?,26?,27+,29+,30-/m1/s1. The number of nitrogens with zero attached hydrogens (tertiary/aromatic N) is 1. The van der Waals surface area contributed by atoms with Crippen molar-refractivity contribution in [2.75, 3.05) is 26.2 Å². The number of aliphatic hydroxyl groups is 2. The zero-order chi connectivity index (χ0) is 24.8. The predicted molar refractivity (Wildman–Crippen MR) is 140 cm³/mol. The molecule has 0 aromatic carbocycles. The highest BCUT2D eigenvalue weighted by atomic mass is 16.3. The number of hydrogen-bond acceptors (Lipinski definition) is 4. The fourth-order valence-corrected chi connectivity index (χ4v) is 10.2. The highest BCUT2D eigenvalue weighted by Gasteiger charge is 2.63. The lowest BCUT2D eigenvalue weighted by Crippen LogP contribution is -2.58. The van der Waals surface area contributed by atoms with E-state index >= 15 is 0 Å². The number of amides is 1. The summed E-state index contributed by atoms with van der Waals surface area (Å²) in [6, 6.07) is 0. The number of nitrogens with one attached hydrogen (secondary N) is 1. The van der Waals surface area contributed by atoms with Crippen LogP contribution in [0.4, 0.5) is 0 Å². The highest BCUT2D eigenvalue weighted by molar-refractivity contribution is 5.75. The molecule has 0 radical (unpaired) electrons. The van der Waals surface area contributed by atoms with Gasteiger partial charge in [-0.05, 0) is 130 Å². The summed E-state index contributed by atoms with van der Waals surface area (Å²) in [7, 11) is 0. The fourth-order valence-electron chi connectivity index (χ4n) is 10.2. The van der Waals surface area contributed by atoms with Crippen LogP contribution in [0.5, 0.6) is 0 Å². The van der Waals surface area contributed by atoms with Crippen molar-refractivity contribution in [1.82, 2.24) is 10.2 Å². The summed E-state index contributed by atoms with van der Waals surface area (Å²) in [5.74, 6) is 3.76. The van der Waals surface area contributed by atoms with Gasteiger partial charge in [0.2, 0.25) is 5.91 Å². The zero-order valence-corrected chi connectivity index (χ0v) is 22.7. The van der Waals surface area contributed by atoms with Gasteiger partial charge in [0.05, 0.1) is 12.2 Å². The van der Waals surface area contributed by atoms with E-state index in [1.54, 1.807) is 0 Å². The van der Waals surface area contributed by atoms with Crippen LogP contribution in [0.2, 0.25) is 0 Å². The molecule has 0 bridgehead atoms. The Kier molecular flexibility index (Phi) is 7.61. The van der Waals surface area contributed by atoms with E-state index in [4.69, 9.17) is 0 Å². The van der Waals surface area contributed by atoms with Crippen molar-refractivity contribution < 1.29 is 15.0 Å². The Morgan fingerprint density at radius 3 is 2.57 bits per heavy atom. The molecule has 1 aliphatic heterocycles. The highest BCUT2D eigenvalue weighted by Crippen LogP contribution is 2.68. The molecule has 4 aliphatic carbocycles. The minimum Gasteiger partial charge on any atom is -0.393 e. The largest absolute Gasteiger partial charge is 0.393 e. The third-order valence-electron chi connectivity index (χ3n) is 12.3. The number of aliphatic hydroxyl groups excluding tert-OH is 2. The van der Waals surface area contributed by atoms with Crippen molar-refractivity contribution in [3.8, 4) is 0 Å². The predicted octanol–water partition coefficient (Wildman–Crippen LogP) is 4.61. The number of rotatable bonds is 7. The van der Waals surface area contributed by atoms with Crippen LogP contribution in [-0.2, 0) is 4.79 Å². The van der Waals surface area contributed by atoms with Gasteiger partial charge in [0.25, 0.3) is 0 Å². The lowest BCUT2D eigenvalue weighted by molar-refractivity contribution is -0.174. The number of likely N-dealkylation sites (tertiary alicyclic amines) is 1. The Morgan fingerprint density at radius 2 is 1.80 bits per heavy atom. The third-order valence-corrected chi connectivity index (χ3v) is 12.3. The summed E-state index contributed by atoms with van der Waals surface area (Å²) in [5, 5.41) is 25.2. The van der Waals surface area contributed by atoms with Crippen molar-refractivity contribution in [2.45, 2.75) is 110 Å². The van der Waals surface area contributed by atoms with E-state index < -0.39 is 0 Å². The van der Waals surface area contributed by atoms with Gasteiger partial charge in [0, 0.05) is 19.5 Å². The lowest BCUT2D eigenvalue weighted by atomic mass is 9.43. The quantitative estimate of drug-likeness (QED) is 0.489. The third kappa shape index (κ3) is 4.72. The molecule has 3 N–H and O–H groups in total. The topological polar surface area (TPSA) is 72.8 Å². The van der Waals surface area contributed by atoms with Gasteiger partial charge in [0.15, 0.2) is 0 Å². The molecule has 5 heteroatoms. The number of carbonyl (C=O) groups excluding carboxylic acids is 1. The Hall–Kier alpha value is -0.650. The van der Waals surface area contributed by atoms with Crippen molar-refractivity contribution >= 4 is 5.91 Å². The van der Waals surface area contributed by atoms with Gasteiger partial charge in [-0.15, -0.1) is 0 Å². The van der Waals surface area contributed by atoms with Gasteiger partial charge in [-0.2, -0.15) is 0 Å². The van der Waals surface area contributed by atoms with Gasteiger partial charge in [0.1, 0.15) is 0 Å². The first-order chi connectivity index (χ1) is 16.7. The van der Waals surface area contributed by atoms with E-state index in [9.17, 15) is 15.0 Å². The monoisotopic (exact) mass is 488 g/mol. The minimum atomic E-state index is -0.236. The first-order valence-corrected chi connectivity index (χ1v) is 15.1. The van der Waals surface area contributed by atoms with Gasteiger partial charge in [-0.25, -0.2) is 0 Å². The van der Waals surface area contributed by atoms with E-state index in [1.807, 2.05) is 0 Å². The summed E-state index contributed by atoms with van der Waals surface area (Å²) < 4.78 is 0. The van der Waals surface area contributed by atoms with Gasteiger partial charge in [-0.1, -0.05) is 20.8 Å². The van der Waals surface area contributed by atoms with Crippen LogP contribution in [0.1, 0.15) is 97.8 Å². The maximum absolute atomic E-state index is 12.5. The molecular formula is C30H52N2O3. The zero-order valence-electron chi connectivity index (χ0n) is 22.7. The van der Waals surface area contributed by atoms with E-state index in [1.165, 1.54) is 51.6 Å². The smallest absolute Gasteiger partial charge is 0.220 e. The lowest BCUT2D eigenvalue weighted by Gasteiger charge is -2.62. The van der Waals surface area contributed by atoms with Crippen molar-refractivity contribution in [3.05, 3.63) is 0 Å². The van der Waals surface area contributed by atoms with Gasteiger partial charge < -0.3 is 20.4 Å². The fraction of sp³-hybridized carbons (Fsp3) is 0.967. The molecule has 0 aromatic rings. The van der Waals surface area contributed by atoms with E-state index in [0.717, 1.165) is 51.1 Å². The van der Waals surface area contributed by atoms with Crippen LogP contribution in [0, 0.1) is 46.3 Å². The molecule has 3 unspecified atom stereocenters. The number of hydrogen-bond donors (Lipinski definition) is 3. The summed E-state index contributed by atoms with van der Waals surface area (Å²) in [6.07, 6.45) is 12.8. The average molecular weight is 489 g/mol. The van der Waals surface area contributed by atoms with Crippen LogP contribution in [-0.4, -0.2) is 59.4 Å². The molecule has 4 saturated carbocycles. The molecule has 5 nitrogen and oxygen atoms in total. The van der Waals surface area contributed by atoms with E-state index in [2.05, 4.69) is 31.0 Å². The molecule has 1 heterocycles. The first-order valence-electron chi connectivity index (χ1n) is 15.1. The van der Waals surface area contributed by atoms with Crippen molar-refractivity contribution in [3.63, 3.8) is 0 Å². The SMILES string of the molecule is C[C@H](CCC(=O)NCCN1CCCC1)C1CCC2[C@@H]3CC[C@@H]4C[C@H](O)CC[C@]4(C)C3C[C@H](O)[C@@]21C. The molecule has 5 fully saturated rings. The van der Waals surface area contributed by atoms with Gasteiger partial charge in [-0.3, -0.25) is 4.79 Å². The van der Waals surface area contributed by atoms with E-state index in [-0.39, 0.29) is 23.5 Å². The summed E-state index contributed by atoms with van der Waals surface area (Å²) in [6.45, 7) is 11.4. The molecule has 35 heavy (non-hydrogen) atoms. The molecular weight excluding hydrogens is 436 g/mol. The van der Waals surface area contributed by atoms with Crippen LogP contribution in [0.3, 0.4) is 0 Å². The maximum Gasteiger partial charge on any atom is 0.220 e. The van der Waals surface area contributed by atoms with Crippen LogP contribution in [0.15, 0.2) is 0 Å². The van der Waals surface area contributed by atoms with Crippen molar-refractivity contribution in [2.24, 2.45) is 46.3 Å². The van der Waals surface area contributed by atoms with Crippen LogP contribution < -0.4 is 5.32 Å². The summed E-state index contributed by atoms with van der Waals surface area (Å²) in [4.78, 5) is 15.0. The molecule has 10 atom stereocenters. The van der Waals surface area contributed by atoms with E-state index in [0.29, 0.717) is 41.4 Å². The normalized spacial score (nSPS) is 46.5. The van der Waals surface area contributed by atoms with Crippen LogP contribution >= 0.6 is 0 Å².